The van der Waals surface area contributed by atoms with Gasteiger partial charge in [0.25, 0.3) is 0 Å². The number of nitrogens with zero attached hydrogens (tertiary/aromatic N) is 1. The monoisotopic (exact) mass is 205 g/mol. The fourth-order valence-corrected chi connectivity index (χ4v) is 1.20. The number of likely N-dealkylation sites (N-methyl/N-ethyl adjacent to an activating group) is 1. The van der Waals surface area contributed by atoms with Crippen LogP contribution in [0.4, 0.5) is 0 Å². The third-order valence-electron chi connectivity index (χ3n) is 1.82. The van der Waals surface area contributed by atoms with Gasteiger partial charge in [0.2, 0.25) is 0 Å². The minimum absolute atomic E-state index is 0.200. The standard InChI is InChI=1S/C9H19NO4/c1-10(4-3-5-14-2)7-8(11)6-9(12)13/h8,11H,3-7H2,1-2H3,(H,12,13). The zero-order chi connectivity index (χ0) is 11.0. The Morgan fingerprint density at radius 3 is 2.71 bits per heavy atom. The highest BCUT2D eigenvalue weighted by Crippen LogP contribution is 1.96. The van der Waals surface area contributed by atoms with Gasteiger partial charge in [-0.2, -0.15) is 0 Å². The highest BCUT2D eigenvalue weighted by Gasteiger charge is 2.11. The molecule has 0 aliphatic rings. The molecule has 0 radical (unpaired) electrons. The molecule has 0 bridgehead atoms. The molecule has 0 saturated carbocycles. The van der Waals surface area contributed by atoms with Crippen molar-refractivity contribution in [2.75, 3.05) is 33.9 Å². The third kappa shape index (κ3) is 7.97. The van der Waals surface area contributed by atoms with Crippen molar-refractivity contribution in [1.29, 1.82) is 0 Å². The second-order valence-electron chi connectivity index (χ2n) is 3.36. The predicted molar refractivity (Wildman–Crippen MR) is 52.2 cm³/mol. The Morgan fingerprint density at radius 2 is 2.21 bits per heavy atom. The SMILES string of the molecule is COCCCN(C)CC(O)CC(=O)O. The van der Waals surface area contributed by atoms with Crippen LogP contribution in [0.15, 0.2) is 0 Å². The summed E-state index contributed by atoms with van der Waals surface area (Å²) in [6.45, 7) is 1.86. The van der Waals surface area contributed by atoms with E-state index in [0.717, 1.165) is 13.0 Å². The van der Waals surface area contributed by atoms with Crippen LogP contribution < -0.4 is 0 Å². The van der Waals surface area contributed by atoms with Crippen LogP contribution in [0.2, 0.25) is 0 Å². The van der Waals surface area contributed by atoms with Crippen molar-refractivity contribution in [3.8, 4) is 0 Å². The summed E-state index contributed by atoms with van der Waals surface area (Å²) >= 11 is 0. The summed E-state index contributed by atoms with van der Waals surface area (Å²) in [6, 6.07) is 0. The molecular formula is C9H19NO4. The number of carbonyl (C=O) groups is 1. The first-order chi connectivity index (χ1) is 6.56. The average Bonchev–Trinajstić information content (AvgIpc) is 2.02. The third-order valence-corrected chi connectivity index (χ3v) is 1.82. The van der Waals surface area contributed by atoms with Crippen molar-refractivity contribution in [2.45, 2.75) is 18.9 Å². The van der Waals surface area contributed by atoms with Gasteiger partial charge in [-0.25, -0.2) is 0 Å². The van der Waals surface area contributed by atoms with Crippen LogP contribution in [0.3, 0.4) is 0 Å². The van der Waals surface area contributed by atoms with Crippen molar-refractivity contribution in [3.63, 3.8) is 0 Å². The number of aliphatic hydroxyl groups is 1. The molecule has 2 N–H and O–H groups in total. The van der Waals surface area contributed by atoms with Crippen molar-refractivity contribution < 1.29 is 19.7 Å². The van der Waals surface area contributed by atoms with Crippen molar-refractivity contribution in [2.24, 2.45) is 0 Å². The number of hydrogen-bond acceptors (Lipinski definition) is 4. The summed E-state index contributed by atoms with van der Waals surface area (Å²) in [5.41, 5.74) is 0. The summed E-state index contributed by atoms with van der Waals surface area (Å²) in [5.74, 6) is -0.970. The Morgan fingerprint density at radius 1 is 1.57 bits per heavy atom. The average molecular weight is 205 g/mol. The minimum atomic E-state index is -0.970. The van der Waals surface area contributed by atoms with Gasteiger partial charge in [0.15, 0.2) is 0 Å². The number of aliphatic hydroxyl groups excluding tert-OH is 1. The van der Waals surface area contributed by atoms with Crippen LogP contribution in [0, 0.1) is 0 Å². The quantitative estimate of drug-likeness (QED) is 0.537. The van der Waals surface area contributed by atoms with Gasteiger partial charge in [0.05, 0.1) is 12.5 Å². The van der Waals surface area contributed by atoms with Gasteiger partial charge >= 0.3 is 5.97 Å². The summed E-state index contributed by atoms with van der Waals surface area (Å²) < 4.78 is 4.88. The molecule has 0 amide bonds. The Balaban J connectivity index is 3.49. The van der Waals surface area contributed by atoms with Gasteiger partial charge < -0.3 is 19.8 Å². The minimum Gasteiger partial charge on any atom is -0.481 e. The number of ether oxygens (including phenoxy) is 1. The van der Waals surface area contributed by atoms with E-state index in [0.29, 0.717) is 13.2 Å². The molecule has 0 aliphatic heterocycles. The number of carboxylic acid groups (broad SMARTS) is 1. The molecule has 0 aromatic carbocycles. The molecular weight excluding hydrogens is 186 g/mol. The molecule has 1 unspecified atom stereocenters. The number of rotatable bonds is 8. The van der Waals surface area contributed by atoms with Crippen molar-refractivity contribution in [1.82, 2.24) is 4.90 Å². The lowest BCUT2D eigenvalue weighted by atomic mass is 10.2. The van der Waals surface area contributed by atoms with E-state index in [9.17, 15) is 9.90 Å². The number of carboxylic acids is 1. The molecule has 0 saturated heterocycles. The van der Waals surface area contributed by atoms with E-state index in [2.05, 4.69) is 0 Å². The van der Waals surface area contributed by atoms with E-state index in [1.807, 2.05) is 11.9 Å². The summed E-state index contributed by atoms with van der Waals surface area (Å²) in [4.78, 5) is 12.1. The normalized spacial score (nSPS) is 13.1. The Labute approximate surface area is 84.3 Å². The maximum Gasteiger partial charge on any atom is 0.306 e. The molecule has 0 aromatic heterocycles. The van der Waals surface area contributed by atoms with Gasteiger partial charge in [0, 0.05) is 26.8 Å². The lowest BCUT2D eigenvalue weighted by Gasteiger charge is -2.19. The molecule has 5 heteroatoms. The van der Waals surface area contributed by atoms with Crippen LogP contribution in [-0.4, -0.2) is 61.0 Å². The molecule has 14 heavy (non-hydrogen) atoms. The van der Waals surface area contributed by atoms with Gasteiger partial charge in [-0.1, -0.05) is 0 Å². The molecule has 84 valence electrons. The topological polar surface area (TPSA) is 70.0 Å². The Bertz CT molecular complexity index is 163. The first-order valence-corrected chi connectivity index (χ1v) is 4.63. The van der Waals surface area contributed by atoms with Crippen LogP contribution in [-0.2, 0) is 9.53 Å². The molecule has 0 aliphatic carbocycles. The van der Waals surface area contributed by atoms with E-state index in [1.165, 1.54) is 0 Å². The van der Waals surface area contributed by atoms with E-state index in [-0.39, 0.29) is 6.42 Å². The zero-order valence-corrected chi connectivity index (χ0v) is 8.77. The van der Waals surface area contributed by atoms with E-state index >= 15 is 0 Å². The lowest BCUT2D eigenvalue weighted by molar-refractivity contribution is -0.139. The van der Waals surface area contributed by atoms with Gasteiger partial charge in [-0.3, -0.25) is 4.79 Å². The predicted octanol–water partition coefficient (Wildman–Crippen LogP) is -0.210. The first-order valence-electron chi connectivity index (χ1n) is 4.63. The summed E-state index contributed by atoms with van der Waals surface area (Å²) in [6.07, 6.45) is -0.110. The van der Waals surface area contributed by atoms with Gasteiger partial charge in [0.1, 0.15) is 0 Å². The second kappa shape index (κ2) is 7.73. The molecule has 1 atom stereocenters. The second-order valence-corrected chi connectivity index (χ2v) is 3.36. The van der Waals surface area contributed by atoms with E-state index in [1.54, 1.807) is 7.11 Å². The Hall–Kier alpha value is -0.650. The van der Waals surface area contributed by atoms with Gasteiger partial charge in [-0.05, 0) is 13.5 Å². The number of hydrogen-bond donors (Lipinski definition) is 2. The smallest absolute Gasteiger partial charge is 0.306 e. The summed E-state index contributed by atoms with van der Waals surface area (Å²) in [5, 5.41) is 17.7. The van der Waals surface area contributed by atoms with Crippen molar-refractivity contribution in [3.05, 3.63) is 0 Å². The molecule has 0 heterocycles. The van der Waals surface area contributed by atoms with Gasteiger partial charge in [-0.15, -0.1) is 0 Å². The maximum absolute atomic E-state index is 10.3. The van der Waals surface area contributed by atoms with Crippen LogP contribution in [0.25, 0.3) is 0 Å². The molecule has 5 nitrogen and oxygen atoms in total. The summed E-state index contributed by atoms with van der Waals surface area (Å²) in [7, 11) is 3.49. The first kappa shape index (κ1) is 13.4. The Kier molecular flexibility index (Phi) is 7.37. The van der Waals surface area contributed by atoms with Crippen LogP contribution >= 0.6 is 0 Å². The molecule has 0 aromatic rings. The lowest BCUT2D eigenvalue weighted by Crippen LogP contribution is -2.31. The van der Waals surface area contributed by atoms with Crippen molar-refractivity contribution >= 4 is 5.97 Å². The highest BCUT2D eigenvalue weighted by atomic mass is 16.5. The fourth-order valence-electron chi connectivity index (χ4n) is 1.20. The highest BCUT2D eigenvalue weighted by molar-refractivity contribution is 5.67. The molecule has 0 fully saturated rings. The van der Waals surface area contributed by atoms with E-state index in [4.69, 9.17) is 9.84 Å². The van der Waals surface area contributed by atoms with Crippen LogP contribution in [0.5, 0.6) is 0 Å². The number of aliphatic carboxylic acids is 1. The number of methoxy groups -OCH3 is 1. The fraction of sp³-hybridized carbons (Fsp3) is 0.889. The zero-order valence-electron chi connectivity index (χ0n) is 8.77. The molecule has 0 rings (SSSR count). The van der Waals surface area contributed by atoms with Crippen LogP contribution in [0.1, 0.15) is 12.8 Å². The largest absolute Gasteiger partial charge is 0.481 e. The van der Waals surface area contributed by atoms with E-state index < -0.39 is 12.1 Å². The molecule has 0 spiro atoms. The maximum atomic E-state index is 10.3.